The summed E-state index contributed by atoms with van der Waals surface area (Å²) in [6.07, 6.45) is 0. The Morgan fingerprint density at radius 2 is 1.83 bits per heavy atom. The number of carbonyl (C=O) groups is 2. The van der Waals surface area contributed by atoms with Crippen molar-refractivity contribution in [1.82, 2.24) is 5.32 Å². The number of nitro benzene ring substituents is 1. The van der Waals surface area contributed by atoms with Crippen molar-refractivity contribution >= 4 is 57.4 Å². The van der Waals surface area contributed by atoms with Gasteiger partial charge in [-0.25, -0.2) is 0 Å². The van der Waals surface area contributed by atoms with Crippen LogP contribution in [0.4, 0.5) is 11.4 Å². The normalized spacial score (nSPS) is 10.1. The van der Waals surface area contributed by atoms with E-state index in [4.69, 9.17) is 11.6 Å². The van der Waals surface area contributed by atoms with Gasteiger partial charge in [0.1, 0.15) is 0 Å². The molecule has 7 nitrogen and oxygen atoms in total. The third kappa shape index (κ3) is 4.90. The average Bonchev–Trinajstić information content (AvgIpc) is 2.55. The molecule has 0 spiro atoms. The Kier molecular flexibility index (Phi) is 6.10. The largest absolute Gasteiger partial charge is 0.343 e. The van der Waals surface area contributed by atoms with E-state index in [0.717, 1.165) is 0 Å². The van der Waals surface area contributed by atoms with Gasteiger partial charge in [-0.05, 0) is 52.9 Å². The number of carbonyl (C=O) groups excluding carboxylic acids is 2. The molecule has 24 heavy (non-hydrogen) atoms. The topological polar surface area (TPSA) is 101 Å². The monoisotopic (exact) mass is 459 g/mol. The summed E-state index contributed by atoms with van der Waals surface area (Å²) < 4.78 is 0.550. The molecule has 2 aromatic rings. The van der Waals surface area contributed by atoms with E-state index in [-0.39, 0.29) is 17.8 Å². The fourth-order valence-corrected chi connectivity index (χ4v) is 2.50. The van der Waals surface area contributed by atoms with Crippen molar-refractivity contribution in [3.8, 4) is 0 Å². The highest BCUT2D eigenvalue weighted by atomic mass is 127. The molecule has 0 saturated carbocycles. The Morgan fingerprint density at radius 1 is 1.17 bits per heavy atom. The minimum atomic E-state index is -0.583. The van der Waals surface area contributed by atoms with E-state index in [9.17, 15) is 19.7 Å². The molecular formula is C15H11ClIN3O4. The number of anilines is 1. The van der Waals surface area contributed by atoms with Crippen LogP contribution in [0.25, 0.3) is 0 Å². The van der Waals surface area contributed by atoms with Gasteiger partial charge in [0.2, 0.25) is 5.91 Å². The lowest BCUT2D eigenvalue weighted by Crippen LogP contribution is -2.33. The van der Waals surface area contributed by atoms with Crippen LogP contribution >= 0.6 is 34.2 Å². The van der Waals surface area contributed by atoms with Crippen molar-refractivity contribution in [1.29, 1.82) is 0 Å². The van der Waals surface area contributed by atoms with Gasteiger partial charge in [-0.2, -0.15) is 0 Å². The highest BCUT2D eigenvalue weighted by Gasteiger charge is 2.16. The molecule has 0 saturated heterocycles. The fraction of sp³-hybridized carbons (Fsp3) is 0.0667. The number of non-ortho nitro benzene ring substituents is 1. The maximum Gasteiger partial charge on any atom is 0.270 e. The highest BCUT2D eigenvalue weighted by molar-refractivity contribution is 14.1. The Hall–Kier alpha value is -2.20. The molecule has 2 rings (SSSR count). The van der Waals surface area contributed by atoms with E-state index in [2.05, 4.69) is 10.6 Å². The van der Waals surface area contributed by atoms with Crippen LogP contribution in [-0.4, -0.2) is 23.3 Å². The van der Waals surface area contributed by atoms with E-state index in [1.807, 2.05) is 22.6 Å². The number of nitrogens with zero attached hydrogens (tertiary/aromatic N) is 1. The van der Waals surface area contributed by atoms with Gasteiger partial charge in [-0.3, -0.25) is 19.7 Å². The summed E-state index contributed by atoms with van der Waals surface area (Å²) in [6, 6.07) is 10.5. The average molecular weight is 460 g/mol. The Balaban J connectivity index is 1.97. The molecule has 0 heterocycles. The van der Waals surface area contributed by atoms with E-state index < -0.39 is 16.7 Å². The van der Waals surface area contributed by atoms with Crippen LogP contribution in [0.5, 0.6) is 0 Å². The van der Waals surface area contributed by atoms with Crippen LogP contribution in [0, 0.1) is 13.7 Å². The second-order valence-corrected chi connectivity index (χ2v) is 6.26. The summed E-state index contributed by atoms with van der Waals surface area (Å²) in [6.45, 7) is -0.264. The predicted octanol–water partition coefficient (Wildman–Crippen LogP) is 3.22. The van der Waals surface area contributed by atoms with Crippen LogP contribution in [0.2, 0.25) is 5.02 Å². The van der Waals surface area contributed by atoms with E-state index in [0.29, 0.717) is 14.3 Å². The summed E-state index contributed by atoms with van der Waals surface area (Å²) in [5, 5.41) is 16.4. The summed E-state index contributed by atoms with van der Waals surface area (Å²) in [5.74, 6) is -0.986. The lowest BCUT2D eigenvalue weighted by Gasteiger charge is -2.08. The number of halogens is 2. The lowest BCUT2D eigenvalue weighted by atomic mass is 10.2. The molecule has 0 atom stereocenters. The predicted molar refractivity (Wildman–Crippen MR) is 98.2 cm³/mol. The summed E-state index contributed by atoms with van der Waals surface area (Å²) in [5.41, 5.74) is 0.499. The first-order valence-corrected chi connectivity index (χ1v) is 8.10. The Morgan fingerprint density at radius 3 is 2.46 bits per heavy atom. The first kappa shape index (κ1) is 18.1. The van der Waals surface area contributed by atoms with Crippen molar-refractivity contribution in [3.05, 3.63) is 66.7 Å². The summed E-state index contributed by atoms with van der Waals surface area (Å²) in [4.78, 5) is 34.1. The zero-order chi connectivity index (χ0) is 17.7. The van der Waals surface area contributed by atoms with Crippen LogP contribution in [0.1, 0.15) is 10.4 Å². The van der Waals surface area contributed by atoms with E-state index >= 15 is 0 Å². The van der Waals surface area contributed by atoms with Gasteiger partial charge in [-0.1, -0.05) is 11.6 Å². The molecule has 2 amide bonds. The van der Waals surface area contributed by atoms with Gasteiger partial charge in [0.15, 0.2) is 0 Å². The zero-order valence-corrected chi connectivity index (χ0v) is 15.0. The standard InChI is InChI=1S/C15H11ClIN3O4/c16-9-1-3-10(4-2-9)19-14(21)8-18-15(22)12-7-11(20(23)24)5-6-13(12)17/h1-7H,8H2,(H,18,22)(H,19,21). The minimum Gasteiger partial charge on any atom is -0.343 e. The van der Waals surface area contributed by atoms with Gasteiger partial charge < -0.3 is 10.6 Å². The molecule has 0 radical (unpaired) electrons. The smallest absolute Gasteiger partial charge is 0.270 e. The third-order valence-corrected chi connectivity index (χ3v) is 4.14. The maximum absolute atomic E-state index is 12.1. The third-order valence-electron chi connectivity index (χ3n) is 2.94. The molecule has 0 unspecified atom stereocenters. The van der Waals surface area contributed by atoms with Crippen LogP contribution in [0.3, 0.4) is 0 Å². The van der Waals surface area contributed by atoms with Gasteiger partial charge in [0.05, 0.1) is 17.0 Å². The molecule has 124 valence electrons. The van der Waals surface area contributed by atoms with Crippen LogP contribution in [0.15, 0.2) is 42.5 Å². The van der Waals surface area contributed by atoms with Gasteiger partial charge in [0.25, 0.3) is 11.6 Å². The van der Waals surface area contributed by atoms with E-state index in [1.54, 1.807) is 24.3 Å². The Labute approximate surface area is 155 Å². The second kappa shape index (κ2) is 8.06. The van der Waals surface area contributed by atoms with E-state index in [1.165, 1.54) is 18.2 Å². The van der Waals surface area contributed by atoms with Gasteiger partial charge in [-0.15, -0.1) is 0 Å². The number of amides is 2. The number of hydrogen-bond donors (Lipinski definition) is 2. The van der Waals surface area contributed by atoms with Crippen LogP contribution in [-0.2, 0) is 4.79 Å². The van der Waals surface area contributed by atoms with Crippen molar-refractivity contribution < 1.29 is 14.5 Å². The number of hydrogen-bond acceptors (Lipinski definition) is 4. The lowest BCUT2D eigenvalue weighted by molar-refractivity contribution is -0.384. The molecule has 0 aliphatic carbocycles. The van der Waals surface area contributed by atoms with Crippen molar-refractivity contribution in [2.24, 2.45) is 0 Å². The first-order chi connectivity index (χ1) is 11.4. The molecule has 0 fully saturated rings. The van der Waals surface area contributed by atoms with Gasteiger partial charge >= 0.3 is 0 Å². The molecule has 9 heteroatoms. The first-order valence-electron chi connectivity index (χ1n) is 6.64. The Bertz CT molecular complexity index is 796. The summed E-state index contributed by atoms with van der Waals surface area (Å²) >= 11 is 7.65. The number of nitro groups is 1. The highest BCUT2D eigenvalue weighted by Crippen LogP contribution is 2.19. The van der Waals surface area contributed by atoms with Crippen molar-refractivity contribution in [2.75, 3.05) is 11.9 Å². The number of nitrogens with one attached hydrogen (secondary N) is 2. The fourth-order valence-electron chi connectivity index (χ4n) is 1.80. The SMILES string of the molecule is O=C(CNC(=O)c1cc([N+](=O)[O-])ccc1I)Nc1ccc(Cl)cc1. The number of rotatable bonds is 5. The molecule has 0 aromatic heterocycles. The second-order valence-electron chi connectivity index (χ2n) is 4.66. The molecule has 2 N–H and O–H groups in total. The zero-order valence-electron chi connectivity index (χ0n) is 12.1. The van der Waals surface area contributed by atoms with Crippen LogP contribution < -0.4 is 10.6 Å². The van der Waals surface area contributed by atoms with Crippen molar-refractivity contribution in [3.63, 3.8) is 0 Å². The molecule has 2 aromatic carbocycles. The summed E-state index contributed by atoms with van der Waals surface area (Å²) in [7, 11) is 0. The molecule has 0 aliphatic heterocycles. The molecule has 0 bridgehead atoms. The quantitative estimate of drug-likeness (QED) is 0.407. The maximum atomic E-state index is 12.1. The number of benzene rings is 2. The molecular weight excluding hydrogens is 449 g/mol. The van der Waals surface area contributed by atoms with Crippen molar-refractivity contribution in [2.45, 2.75) is 0 Å². The minimum absolute atomic E-state index is 0.143. The molecule has 0 aliphatic rings. The van der Waals surface area contributed by atoms with Gasteiger partial charge in [0, 0.05) is 26.4 Å².